The highest BCUT2D eigenvalue weighted by atomic mass is 79.9. The molecule has 0 bridgehead atoms. The summed E-state index contributed by atoms with van der Waals surface area (Å²) in [6.07, 6.45) is 1.56. The predicted octanol–water partition coefficient (Wildman–Crippen LogP) is 7.33. The number of ether oxygens (including phenoxy) is 1. The summed E-state index contributed by atoms with van der Waals surface area (Å²) in [4.78, 5) is 17.3. The van der Waals surface area contributed by atoms with Gasteiger partial charge in [0.1, 0.15) is 5.75 Å². The molecule has 1 N–H and O–H groups in total. The van der Waals surface area contributed by atoms with E-state index in [4.69, 9.17) is 16.3 Å². The van der Waals surface area contributed by atoms with Gasteiger partial charge in [-0.3, -0.25) is 0 Å². The van der Waals surface area contributed by atoms with Crippen LogP contribution in [0.15, 0.2) is 107 Å². The number of carbonyl (C=O) groups is 1. The van der Waals surface area contributed by atoms with Crippen molar-refractivity contribution < 1.29 is 9.53 Å². The highest BCUT2D eigenvalue weighted by molar-refractivity contribution is 9.10. The molecule has 35 heavy (non-hydrogen) atoms. The Morgan fingerprint density at radius 1 is 0.971 bits per heavy atom. The molecule has 0 saturated heterocycles. The molecular formula is C27H20BrClN4O2. The van der Waals surface area contributed by atoms with Gasteiger partial charge in [0.2, 0.25) is 5.88 Å². The number of nitrogens with zero attached hydrogens (tertiary/aromatic N) is 3. The fourth-order valence-corrected chi connectivity index (χ4v) is 4.17. The minimum absolute atomic E-state index is 0.0528. The van der Waals surface area contributed by atoms with E-state index in [-0.39, 0.29) is 11.9 Å². The highest BCUT2D eigenvalue weighted by Crippen LogP contribution is 2.30. The summed E-state index contributed by atoms with van der Waals surface area (Å²) in [6.45, 7) is 0.423. The molecule has 0 aliphatic carbocycles. The Balaban J connectivity index is 1.31. The minimum atomic E-state index is -0.335. The van der Waals surface area contributed by atoms with Gasteiger partial charge in [0, 0.05) is 21.5 Å². The van der Waals surface area contributed by atoms with Crippen molar-refractivity contribution in [1.29, 1.82) is 0 Å². The molecule has 3 aromatic carbocycles. The topological polar surface area (TPSA) is 66.8 Å². The second-order valence-corrected chi connectivity index (χ2v) is 9.26. The Kier molecular flexibility index (Phi) is 6.79. The number of carbonyl (C=O) groups excluding carboxylic acids is 1. The van der Waals surface area contributed by atoms with Crippen LogP contribution in [0.3, 0.4) is 0 Å². The van der Waals surface area contributed by atoms with Gasteiger partial charge in [-0.25, -0.2) is 14.8 Å². The first-order chi connectivity index (χ1) is 17.0. The fraction of sp³-hybridized carbons (Fsp3) is 0.0741. The van der Waals surface area contributed by atoms with Crippen molar-refractivity contribution in [3.8, 4) is 11.6 Å². The number of hydrogen-bond acceptors (Lipinski definition) is 4. The van der Waals surface area contributed by atoms with Gasteiger partial charge >= 0.3 is 6.03 Å². The lowest BCUT2D eigenvalue weighted by Crippen LogP contribution is -2.30. The number of amides is 2. The van der Waals surface area contributed by atoms with Crippen molar-refractivity contribution in [3.63, 3.8) is 0 Å². The Hall–Kier alpha value is -3.68. The summed E-state index contributed by atoms with van der Waals surface area (Å²) in [7, 11) is 0. The third kappa shape index (κ3) is 5.53. The standard InChI is InChI=1S/C27H20BrClN4O2/c28-20-8-13-23(14-9-20)35-25-15-12-22(16-30-25)31-27(34)33-17-24(18-4-2-1-3-5-18)26(32-33)19-6-10-21(29)11-7-19/h1-16,24H,17H2,(H,31,34)/t24-/m1/s1. The molecule has 8 heteroatoms. The summed E-state index contributed by atoms with van der Waals surface area (Å²) < 4.78 is 6.71. The lowest BCUT2D eigenvalue weighted by atomic mass is 9.91. The second-order valence-electron chi connectivity index (χ2n) is 7.91. The maximum Gasteiger partial charge on any atom is 0.342 e. The summed E-state index contributed by atoms with van der Waals surface area (Å²) in [5.41, 5.74) is 3.38. The van der Waals surface area contributed by atoms with Gasteiger partial charge in [0.05, 0.1) is 24.1 Å². The van der Waals surface area contributed by atoms with E-state index in [0.29, 0.717) is 28.9 Å². The molecule has 1 aromatic heterocycles. The van der Waals surface area contributed by atoms with Crippen LogP contribution in [-0.2, 0) is 0 Å². The molecule has 1 atom stereocenters. The van der Waals surface area contributed by atoms with E-state index in [2.05, 4.69) is 31.3 Å². The van der Waals surface area contributed by atoms with Crippen molar-refractivity contribution in [2.24, 2.45) is 5.10 Å². The van der Waals surface area contributed by atoms with Crippen LogP contribution in [0, 0.1) is 0 Å². The molecular weight excluding hydrogens is 528 g/mol. The van der Waals surface area contributed by atoms with Crippen LogP contribution in [-0.4, -0.2) is 28.3 Å². The Bertz CT molecular complexity index is 1350. The van der Waals surface area contributed by atoms with Crippen molar-refractivity contribution >= 4 is 45.0 Å². The Morgan fingerprint density at radius 2 is 1.71 bits per heavy atom. The largest absolute Gasteiger partial charge is 0.439 e. The summed E-state index contributed by atoms with van der Waals surface area (Å²) in [5.74, 6) is 1.05. The zero-order valence-corrected chi connectivity index (χ0v) is 20.8. The number of benzene rings is 3. The first kappa shape index (κ1) is 23.1. The van der Waals surface area contributed by atoms with E-state index >= 15 is 0 Å². The lowest BCUT2D eigenvalue weighted by molar-refractivity contribution is 0.218. The number of pyridine rings is 1. The average Bonchev–Trinajstić information content (AvgIpc) is 3.33. The smallest absolute Gasteiger partial charge is 0.342 e. The number of anilines is 1. The van der Waals surface area contributed by atoms with E-state index in [1.165, 1.54) is 5.01 Å². The van der Waals surface area contributed by atoms with Crippen LogP contribution < -0.4 is 10.1 Å². The molecule has 0 radical (unpaired) electrons. The van der Waals surface area contributed by atoms with E-state index in [1.807, 2.05) is 78.9 Å². The number of aromatic nitrogens is 1. The Labute approximate surface area is 216 Å². The van der Waals surface area contributed by atoms with Crippen LogP contribution >= 0.6 is 27.5 Å². The van der Waals surface area contributed by atoms with E-state index in [1.54, 1.807) is 18.3 Å². The third-order valence-corrected chi connectivity index (χ3v) is 6.29. The number of nitrogens with one attached hydrogen (secondary N) is 1. The lowest BCUT2D eigenvalue weighted by Gasteiger charge is -2.16. The molecule has 1 aliphatic rings. The first-order valence-electron chi connectivity index (χ1n) is 10.9. The first-order valence-corrected chi connectivity index (χ1v) is 12.1. The van der Waals surface area contributed by atoms with Crippen molar-refractivity contribution in [2.45, 2.75) is 5.92 Å². The number of hydrazone groups is 1. The SMILES string of the molecule is O=C(Nc1ccc(Oc2ccc(Br)cc2)nc1)N1C[C@H](c2ccccc2)C(c2ccc(Cl)cc2)=N1. The van der Waals surface area contributed by atoms with Gasteiger partial charge in [0.25, 0.3) is 0 Å². The second kappa shape index (κ2) is 10.3. The van der Waals surface area contributed by atoms with Gasteiger partial charge in [0.15, 0.2) is 0 Å². The van der Waals surface area contributed by atoms with Gasteiger partial charge in [-0.2, -0.15) is 5.10 Å². The third-order valence-electron chi connectivity index (χ3n) is 5.51. The molecule has 5 rings (SSSR count). The Morgan fingerprint density at radius 3 is 2.40 bits per heavy atom. The number of hydrogen-bond donors (Lipinski definition) is 1. The van der Waals surface area contributed by atoms with Crippen molar-refractivity contribution in [2.75, 3.05) is 11.9 Å². The fourth-order valence-electron chi connectivity index (χ4n) is 3.78. The predicted molar refractivity (Wildman–Crippen MR) is 141 cm³/mol. The molecule has 174 valence electrons. The highest BCUT2D eigenvalue weighted by Gasteiger charge is 2.32. The average molecular weight is 548 g/mol. The zero-order chi connectivity index (χ0) is 24.2. The van der Waals surface area contributed by atoms with Crippen molar-refractivity contribution in [3.05, 3.63) is 118 Å². The summed E-state index contributed by atoms with van der Waals surface area (Å²) in [6, 6.07) is 28.1. The zero-order valence-electron chi connectivity index (χ0n) is 18.4. The number of halogens is 2. The molecule has 2 heterocycles. The molecule has 1 aliphatic heterocycles. The van der Waals surface area contributed by atoms with Crippen LogP contribution in [0.4, 0.5) is 10.5 Å². The van der Waals surface area contributed by atoms with E-state index < -0.39 is 0 Å². The van der Waals surface area contributed by atoms with Gasteiger partial charge < -0.3 is 10.1 Å². The molecule has 2 amide bonds. The molecule has 6 nitrogen and oxygen atoms in total. The van der Waals surface area contributed by atoms with Crippen LogP contribution in [0.5, 0.6) is 11.6 Å². The van der Waals surface area contributed by atoms with Gasteiger partial charge in [-0.15, -0.1) is 0 Å². The quantitative estimate of drug-likeness (QED) is 0.284. The van der Waals surface area contributed by atoms with Gasteiger partial charge in [-0.1, -0.05) is 70.0 Å². The van der Waals surface area contributed by atoms with E-state index in [9.17, 15) is 4.79 Å². The van der Waals surface area contributed by atoms with Gasteiger partial charge in [-0.05, 0) is 53.6 Å². The summed E-state index contributed by atoms with van der Waals surface area (Å²) in [5, 5.41) is 9.64. The number of urea groups is 1. The normalized spacial score (nSPS) is 15.0. The maximum atomic E-state index is 13.1. The molecule has 0 spiro atoms. The molecule has 0 fully saturated rings. The minimum Gasteiger partial charge on any atom is -0.439 e. The van der Waals surface area contributed by atoms with Crippen molar-refractivity contribution in [1.82, 2.24) is 9.99 Å². The molecule has 0 saturated carbocycles. The maximum absolute atomic E-state index is 13.1. The monoisotopic (exact) mass is 546 g/mol. The summed E-state index contributed by atoms with van der Waals surface area (Å²) >= 11 is 9.47. The van der Waals surface area contributed by atoms with Crippen LogP contribution in [0.1, 0.15) is 17.0 Å². The molecule has 4 aromatic rings. The van der Waals surface area contributed by atoms with E-state index in [0.717, 1.165) is 21.3 Å². The van der Waals surface area contributed by atoms with Crippen LogP contribution in [0.2, 0.25) is 5.02 Å². The van der Waals surface area contributed by atoms with Crippen LogP contribution in [0.25, 0.3) is 0 Å². The molecule has 0 unspecified atom stereocenters. The number of rotatable bonds is 5.